The zero-order chi connectivity index (χ0) is 20.1. The van der Waals surface area contributed by atoms with Gasteiger partial charge in [0.1, 0.15) is 24.3 Å². The quantitative estimate of drug-likeness (QED) is 0.659. The molecule has 148 valence electrons. The summed E-state index contributed by atoms with van der Waals surface area (Å²) >= 11 is 0. The molecule has 0 spiro atoms. The van der Waals surface area contributed by atoms with E-state index in [-0.39, 0.29) is 12.0 Å². The molecule has 1 amide bonds. The van der Waals surface area contributed by atoms with Crippen molar-refractivity contribution in [3.8, 4) is 18.1 Å². The van der Waals surface area contributed by atoms with Gasteiger partial charge in [0.2, 0.25) is 5.91 Å². The standard InChI is InChI=1S/C23H23N3O3/c1-2-17-6-5-7-18(14-17)29-16-19-15-26(12-13-28-19)23(27)11-10-22-24-20-8-3-4-9-21(20)25-22/h1,3-9,14,19H,10-13,15-16H2,(H,24,25). The van der Waals surface area contributed by atoms with Gasteiger partial charge in [0.15, 0.2) is 0 Å². The molecule has 0 radical (unpaired) electrons. The third-order valence-corrected chi connectivity index (χ3v) is 4.94. The van der Waals surface area contributed by atoms with E-state index in [1.165, 1.54) is 0 Å². The molecule has 4 rings (SSSR count). The second-order valence-corrected chi connectivity index (χ2v) is 7.02. The number of aromatic nitrogens is 2. The molecule has 1 unspecified atom stereocenters. The first-order chi connectivity index (χ1) is 14.2. The Morgan fingerprint density at radius 2 is 2.21 bits per heavy atom. The van der Waals surface area contributed by atoms with Gasteiger partial charge < -0.3 is 19.4 Å². The van der Waals surface area contributed by atoms with Gasteiger partial charge in [-0.1, -0.05) is 24.1 Å². The number of morpholine rings is 1. The first-order valence-corrected chi connectivity index (χ1v) is 9.74. The lowest BCUT2D eigenvalue weighted by molar-refractivity contribution is -0.139. The van der Waals surface area contributed by atoms with E-state index in [4.69, 9.17) is 15.9 Å². The number of imidazole rings is 1. The molecule has 2 aromatic carbocycles. The van der Waals surface area contributed by atoms with Crippen LogP contribution in [0.1, 0.15) is 17.8 Å². The molecule has 1 atom stereocenters. The molecular formula is C23H23N3O3. The summed E-state index contributed by atoms with van der Waals surface area (Å²) in [4.78, 5) is 22.3. The summed E-state index contributed by atoms with van der Waals surface area (Å²) in [6.45, 7) is 2.01. The molecule has 1 N–H and O–H groups in total. The summed E-state index contributed by atoms with van der Waals surface area (Å²) < 4.78 is 11.6. The van der Waals surface area contributed by atoms with Crippen LogP contribution in [0.3, 0.4) is 0 Å². The number of hydrogen-bond donors (Lipinski definition) is 1. The van der Waals surface area contributed by atoms with Gasteiger partial charge in [0.05, 0.1) is 24.2 Å². The number of carbonyl (C=O) groups excluding carboxylic acids is 1. The van der Waals surface area contributed by atoms with Crippen LogP contribution in [-0.2, 0) is 16.0 Å². The fourth-order valence-electron chi connectivity index (χ4n) is 3.42. The van der Waals surface area contributed by atoms with Gasteiger partial charge in [-0.05, 0) is 30.3 Å². The van der Waals surface area contributed by atoms with E-state index in [2.05, 4.69) is 15.9 Å². The lowest BCUT2D eigenvalue weighted by atomic mass is 10.2. The largest absolute Gasteiger partial charge is 0.491 e. The fourth-order valence-corrected chi connectivity index (χ4v) is 3.42. The van der Waals surface area contributed by atoms with E-state index in [0.29, 0.717) is 44.9 Å². The summed E-state index contributed by atoms with van der Waals surface area (Å²) in [6.07, 6.45) is 6.26. The molecule has 1 aromatic heterocycles. The summed E-state index contributed by atoms with van der Waals surface area (Å²) in [5.41, 5.74) is 2.69. The van der Waals surface area contributed by atoms with Crippen molar-refractivity contribution in [2.45, 2.75) is 18.9 Å². The Morgan fingerprint density at radius 1 is 1.31 bits per heavy atom. The number of para-hydroxylation sites is 2. The van der Waals surface area contributed by atoms with Crippen LogP contribution in [0.4, 0.5) is 0 Å². The first-order valence-electron chi connectivity index (χ1n) is 9.74. The number of hydrogen-bond acceptors (Lipinski definition) is 4. The Balaban J connectivity index is 1.28. The van der Waals surface area contributed by atoms with Crippen molar-refractivity contribution in [3.63, 3.8) is 0 Å². The maximum Gasteiger partial charge on any atom is 0.223 e. The van der Waals surface area contributed by atoms with Crippen molar-refractivity contribution in [1.29, 1.82) is 0 Å². The third-order valence-electron chi connectivity index (χ3n) is 4.94. The fraction of sp³-hybridized carbons (Fsp3) is 0.304. The zero-order valence-corrected chi connectivity index (χ0v) is 16.1. The Hall–Kier alpha value is -3.30. The average molecular weight is 389 g/mol. The van der Waals surface area contributed by atoms with E-state index in [1.807, 2.05) is 53.4 Å². The number of rotatable bonds is 6. The molecule has 0 aliphatic carbocycles. The molecule has 1 aliphatic rings. The monoisotopic (exact) mass is 389 g/mol. The summed E-state index contributed by atoms with van der Waals surface area (Å²) in [5.74, 6) is 4.24. The smallest absolute Gasteiger partial charge is 0.223 e. The number of amides is 1. The lowest BCUT2D eigenvalue weighted by Crippen LogP contribution is -2.47. The van der Waals surface area contributed by atoms with Crippen molar-refractivity contribution in [1.82, 2.24) is 14.9 Å². The van der Waals surface area contributed by atoms with E-state index >= 15 is 0 Å². The highest BCUT2D eigenvalue weighted by Gasteiger charge is 2.24. The number of aryl methyl sites for hydroxylation is 1. The van der Waals surface area contributed by atoms with Gasteiger partial charge in [-0.15, -0.1) is 6.42 Å². The highest BCUT2D eigenvalue weighted by atomic mass is 16.5. The van der Waals surface area contributed by atoms with E-state index in [1.54, 1.807) is 0 Å². The predicted octanol–water partition coefficient (Wildman–Crippen LogP) is 2.78. The Kier molecular flexibility index (Phi) is 5.78. The van der Waals surface area contributed by atoms with Crippen LogP contribution >= 0.6 is 0 Å². The number of nitrogens with zero attached hydrogens (tertiary/aromatic N) is 2. The maximum atomic E-state index is 12.7. The number of aromatic amines is 1. The Labute approximate surface area is 169 Å². The number of ether oxygens (including phenoxy) is 2. The minimum atomic E-state index is -0.159. The van der Waals surface area contributed by atoms with Crippen LogP contribution in [0.5, 0.6) is 5.75 Å². The molecule has 0 saturated carbocycles. The molecule has 1 fully saturated rings. The van der Waals surface area contributed by atoms with Crippen LogP contribution in [0.2, 0.25) is 0 Å². The second kappa shape index (κ2) is 8.80. The van der Waals surface area contributed by atoms with Crippen LogP contribution in [0.15, 0.2) is 48.5 Å². The molecule has 1 saturated heterocycles. The average Bonchev–Trinajstić information content (AvgIpc) is 3.19. The second-order valence-electron chi connectivity index (χ2n) is 7.02. The molecule has 3 aromatic rings. The van der Waals surface area contributed by atoms with Gasteiger partial charge in [-0.3, -0.25) is 4.79 Å². The normalized spacial score (nSPS) is 16.5. The van der Waals surface area contributed by atoms with Crippen molar-refractivity contribution >= 4 is 16.9 Å². The van der Waals surface area contributed by atoms with Crippen LogP contribution < -0.4 is 4.74 Å². The number of nitrogens with one attached hydrogen (secondary N) is 1. The van der Waals surface area contributed by atoms with Gasteiger partial charge in [0, 0.05) is 24.9 Å². The maximum absolute atomic E-state index is 12.7. The van der Waals surface area contributed by atoms with Crippen molar-refractivity contribution in [3.05, 3.63) is 59.9 Å². The van der Waals surface area contributed by atoms with Crippen molar-refractivity contribution in [2.24, 2.45) is 0 Å². The minimum Gasteiger partial charge on any atom is -0.491 e. The predicted molar refractivity (Wildman–Crippen MR) is 111 cm³/mol. The molecule has 29 heavy (non-hydrogen) atoms. The molecular weight excluding hydrogens is 366 g/mol. The molecule has 6 heteroatoms. The Morgan fingerprint density at radius 3 is 3.07 bits per heavy atom. The van der Waals surface area contributed by atoms with E-state index in [9.17, 15) is 4.79 Å². The van der Waals surface area contributed by atoms with Crippen LogP contribution in [0, 0.1) is 12.3 Å². The minimum absolute atomic E-state index is 0.105. The summed E-state index contributed by atoms with van der Waals surface area (Å²) in [6, 6.07) is 15.3. The third kappa shape index (κ3) is 4.76. The lowest BCUT2D eigenvalue weighted by Gasteiger charge is -2.33. The number of H-pyrrole nitrogens is 1. The molecule has 1 aliphatic heterocycles. The van der Waals surface area contributed by atoms with Crippen LogP contribution in [0.25, 0.3) is 11.0 Å². The molecule has 2 heterocycles. The topological polar surface area (TPSA) is 67.5 Å². The molecule has 0 bridgehead atoms. The number of benzene rings is 2. The van der Waals surface area contributed by atoms with Gasteiger partial charge in [-0.25, -0.2) is 4.98 Å². The first kappa shape index (κ1) is 19.0. The number of terminal acetylenes is 1. The molecule has 6 nitrogen and oxygen atoms in total. The van der Waals surface area contributed by atoms with Gasteiger partial charge in [-0.2, -0.15) is 0 Å². The SMILES string of the molecule is C#Cc1cccc(OCC2CN(C(=O)CCc3nc4ccccc4[nH]3)CCO2)c1. The van der Waals surface area contributed by atoms with Gasteiger partial charge >= 0.3 is 0 Å². The zero-order valence-electron chi connectivity index (χ0n) is 16.1. The highest BCUT2D eigenvalue weighted by molar-refractivity contribution is 5.77. The number of carbonyl (C=O) groups is 1. The summed E-state index contributed by atoms with van der Waals surface area (Å²) in [7, 11) is 0. The van der Waals surface area contributed by atoms with E-state index < -0.39 is 0 Å². The van der Waals surface area contributed by atoms with E-state index in [0.717, 1.165) is 22.4 Å². The summed E-state index contributed by atoms with van der Waals surface area (Å²) in [5, 5.41) is 0. The Bertz CT molecular complexity index is 1000. The van der Waals surface area contributed by atoms with Gasteiger partial charge in [0.25, 0.3) is 0 Å². The van der Waals surface area contributed by atoms with Crippen molar-refractivity contribution in [2.75, 3.05) is 26.3 Å². The van der Waals surface area contributed by atoms with Crippen molar-refractivity contribution < 1.29 is 14.3 Å². The van der Waals surface area contributed by atoms with Crippen LogP contribution in [-0.4, -0.2) is 53.2 Å². The number of fused-ring (bicyclic) bond motifs is 1. The highest BCUT2D eigenvalue weighted by Crippen LogP contribution is 2.16.